The van der Waals surface area contributed by atoms with Crippen molar-refractivity contribution in [2.24, 2.45) is 0 Å². The van der Waals surface area contributed by atoms with Gasteiger partial charge in [-0.25, -0.2) is 0 Å². The molecule has 0 N–H and O–H groups in total. The van der Waals surface area contributed by atoms with Gasteiger partial charge in [-0.2, -0.15) is 0 Å². The van der Waals surface area contributed by atoms with Crippen LogP contribution >= 0.6 is 0 Å². The van der Waals surface area contributed by atoms with Gasteiger partial charge in [0.2, 0.25) is 0 Å². The zero-order valence-corrected chi connectivity index (χ0v) is 8.81. The van der Waals surface area contributed by atoms with Gasteiger partial charge in [-0.1, -0.05) is 48.6 Å². The summed E-state index contributed by atoms with van der Waals surface area (Å²) in [7, 11) is 1.71. The highest BCUT2D eigenvalue weighted by atomic mass is 16.5. The van der Waals surface area contributed by atoms with Crippen molar-refractivity contribution < 1.29 is 4.74 Å². The average Bonchev–Trinajstić information content (AvgIpc) is 2.57. The van der Waals surface area contributed by atoms with E-state index in [1.54, 1.807) is 7.11 Å². The van der Waals surface area contributed by atoms with Crippen LogP contribution in [0, 0.1) is 0 Å². The van der Waals surface area contributed by atoms with Crippen LogP contribution in [0.5, 0.6) is 5.75 Å². The lowest BCUT2D eigenvalue weighted by Crippen LogP contribution is -1.90. The Bertz CT molecular complexity index is 425. The molecule has 1 aromatic carbocycles. The number of ether oxygens (including phenoxy) is 1. The highest BCUT2D eigenvalue weighted by molar-refractivity contribution is 5.73. The summed E-state index contributed by atoms with van der Waals surface area (Å²) in [6.07, 6.45) is 11.4. The molecular weight excluding hydrogens is 184 g/mol. The molecule has 0 aliphatic heterocycles. The van der Waals surface area contributed by atoms with Crippen molar-refractivity contribution in [2.45, 2.75) is 6.42 Å². The zero-order chi connectivity index (χ0) is 10.5. The molecule has 1 heteroatoms. The molecule has 0 amide bonds. The molecule has 0 aromatic heterocycles. The standard InChI is InChI=1S/C14H14O/c1-15-14-11-7-6-10-13(14)12-8-4-2-3-5-9-12/h2-8,10-11H,9H2,1H3. The molecule has 15 heavy (non-hydrogen) atoms. The van der Waals surface area contributed by atoms with E-state index >= 15 is 0 Å². The van der Waals surface area contributed by atoms with E-state index in [4.69, 9.17) is 4.74 Å². The third-order valence-electron chi connectivity index (χ3n) is 2.45. The Morgan fingerprint density at radius 2 is 1.93 bits per heavy atom. The predicted molar refractivity (Wildman–Crippen MR) is 63.9 cm³/mol. The van der Waals surface area contributed by atoms with Gasteiger partial charge in [-0.15, -0.1) is 0 Å². The van der Waals surface area contributed by atoms with Crippen molar-refractivity contribution in [3.63, 3.8) is 0 Å². The Balaban J connectivity index is 2.40. The summed E-state index contributed by atoms with van der Waals surface area (Å²) in [5.41, 5.74) is 2.47. The first kappa shape index (κ1) is 9.78. The largest absolute Gasteiger partial charge is 0.496 e. The van der Waals surface area contributed by atoms with Crippen LogP contribution in [0.25, 0.3) is 5.57 Å². The second-order valence-corrected chi connectivity index (χ2v) is 3.41. The zero-order valence-electron chi connectivity index (χ0n) is 8.81. The van der Waals surface area contributed by atoms with Crippen LogP contribution in [0.1, 0.15) is 12.0 Å². The predicted octanol–water partition coefficient (Wildman–Crippen LogP) is 3.59. The average molecular weight is 198 g/mol. The third kappa shape index (κ3) is 2.18. The normalized spacial score (nSPS) is 14.6. The molecule has 1 aliphatic carbocycles. The van der Waals surface area contributed by atoms with Crippen LogP contribution in [-0.2, 0) is 0 Å². The van der Waals surface area contributed by atoms with E-state index in [1.807, 2.05) is 24.3 Å². The molecule has 0 unspecified atom stereocenters. The SMILES string of the molecule is COc1ccccc1C1=CC=CC=CC1. The molecule has 1 aliphatic rings. The fraction of sp³-hybridized carbons (Fsp3) is 0.143. The maximum Gasteiger partial charge on any atom is 0.126 e. The number of rotatable bonds is 2. The lowest BCUT2D eigenvalue weighted by atomic mass is 10.0. The van der Waals surface area contributed by atoms with E-state index in [9.17, 15) is 0 Å². The van der Waals surface area contributed by atoms with Crippen molar-refractivity contribution >= 4 is 5.57 Å². The number of benzene rings is 1. The van der Waals surface area contributed by atoms with Crippen molar-refractivity contribution in [2.75, 3.05) is 7.11 Å². The first-order valence-electron chi connectivity index (χ1n) is 5.07. The van der Waals surface area contributed by atoms with Crippen molar-refractivity contribution in [3.8, 4) is 5.75 Å². The summed E-state index contributed by atoms with van der Waals surface area (Å²) in [5.74, 6) is 0.937. The van der Waals surface area contributed by atoms with Crippen LogP contribution < -0.4 is 4.74 Å². The summed E-state index contributed by atoms with van der Waals surface area (Å²) in [6, 6.07) is 8.12. The van der Waals surface area contributed by atoms with Gasteiger partial charge in [0.05, 0.1) is 7.11 Å². The quantitative estimate of drug-likeness (QED) is 0.705. The van der Waals surface area contributed by atoms with Crippen LogP contribution in [-0.4, -0.2) is 7.11 Å². The highest BCUT2D eigenvalue weighted by Gasteiger charge is 2.06. The van der Waals surface area contributed by atoms with E-state index in [0.717, 1.165) is 12.2 Å². The van der Waals surface area contributed by atoms with Gasteiger partial charge in [0.15, 0.2) is 0 Å². The Morgan fingerprint density at radius 1 is 1.07 bits per heavy atom. The van der Waals surface area contributed by atoms with Gasteiger partial charge in [0.25, 0.3) is 0 Å². The third-order valence-corrected chi connectivity index (χ3v) is 2.45. The van der Waals surface area contributed by atoms with Crippen molar-refractivity contribution in [1.29, 1.82) is 0 Å². The molecule has 0 heterocycles. The lowest BCUT2D eigenvalue weighted by molar-refractivity contribution is 0.413. The molecule has 0 atom stereocenters. The summed E-state index contributed by atoms with van der Waals surface area (Å²) in [5, 5.41) is 0. The van der Waals surface area contributed by atoms with Gasteiger partial charge in [-0.3, -0.25) is 0 Å². The number of allylic oxidation sites excluding steroid dienone is 6. The van der Waals surface area contributed by atoms with Gasteiger partial charge >= 0.3 is 0 Å². The minimum Gasteiger partial charge on any atom is -0.496 e. The van der Waals surface area contributed by atoms with Gasteiger partial charge in [0.1, 0.15) is 5.75 Å². The summed E-state index contributed by atoms with van der Waals surface area (Å²) in [4.78, 5) is 0. The van der Waals surface area contributed by atoms with Gasteiger partial charge < -0.3 is 4.74 Å². The van der Waals surface area contributed by atoms with Gasteiger partial charge in [-0.05, 0) is 18.1 Å². The minimum atomic E-state index is 0.937. The number of hydrogen-bond acceptors (Lipinski definition) is 1. The van der Waals surface area contributed by atoms with E-state index in [2.05, 4.69) is 30.4 Å². The first-order chi connectivity index (χ1) is 7.42. The molecule has 0 saturated heterocycles. The maximum atomic E-state index is 5.35. The van der Waals surface area contributed by atoms with E-state index in [0.29, 0.717) is 0 Å². The van der Waals surface area contributed by atoms with Crippen LogP contribution in [0.15, 0.2) is 54.6 Å². The Morgan fingerprint density at radius 3 is 2.80 bits per heavy atom. The van der Waals surface area contributed by atoms with E-state index in [-0.39, 0.29) is 0 Å². The van der Waals surface area contributed by atoms with Crippen LogP contribution in [0.2, 0.25) is 0 Å². The molecule has 1 aromatic rings. The molecule has 0 spiro atoms. The molecular formula is C14H14O. The van der Waals surface area contributed by atoms with Crippen molar-refractivity contribution in [1.82, 2.24) is 0 Å². The van der Waals surface area contributed by atoms with Crippen molar-refractivity contribution in [3.05, 3.63) is 60.2 Å². The number of para-hydroxylation sites is 1. The first-order valence-corrected chi connectivity index (χ1v) is 5.07. The number of hydrogen-bond donors (Lipinski definition) is 0. The molecule has 0 saturated carbocycles. The monoisotopic (exact) mass is 198 g/mol. The fourth-order valence-electron chi connectivity index (χ4n) is 1.69. The topological polar surface area (TPSA) is 9.23 Å². The molecule has 2 rings (SSSR count). The summed E-state index contributed by atoms with van der Waals surface area (Å²) < 4.78 is 5.35. The summed E-state index contributed by atoms with van der Waals surface area (Å²) >= 11 is 0. The Kier molecular flexibility index (Phi) is 3.03. The van der Waals surface area contributed by atoms with E-state index < -0.39 is 0 Å². The fourth-order valence-corrected chi connectivity index (χ4v) is 1.69. The molecule has 0 fully saturated rings. The highest BCUT2D eigenvalue weighted by Crippen LogP contribution is 2.28. The van der Waals surface area contributed by atoms with Gasteiger partial charge in [0, 0.05) is 5.56 Å². The Hall–Kier alpha value is -1.76. The second kappa shape index (κ2) is 4.65. The number of methoxy groups -OCH3 is 1. The minimum absolute atomic E-state index is 0.937. The smallest absolute Gasteiger partial charge is 0.126 e. The van der Waals surface area contributed by atoms with E-state index in [1.165, 1.54) is 11.1 Å². The second-order valence-electron chi connectivity index (χ2n) is 3.41. The summed E-state index contributed by atoms with van der Waals surface area (Å²) in [6.45, 7) is 0. The molecule has 1 nitrogen and oxygen atoms in total. The van der Waals surface area contributed by atoms with Crippen LogP contribution in [0.3, 0.4) is 0 Å². The molecule has 0 bridgehead atoms. The molecule has 0 radical (unpaired) electrons. The van der Waals surface area contributed by atoms with Crippen LogP contribution in [0.4, 0.5) is 0 Å². The Labute approximate surface area is 90.4 Å². The maximum absolute atomic E-state index is 5.35. The lowest BCUT2D eigenvalue weighted by Gasteiger charge is -2.09. The molecule has 76 valence electrons.